The van der Waals surface area contributed by atoms with Crippen LogP contribution in [0.3, 0.4) is 0 Å². The molecule has 0 saturated carbocycles. The van der Waals surface area contributed by atoms with Crippen molar-refractivity contribution in [3.8, 4) is 0 Å². The van der Waals surface area contributed by atoms with E-state index in [1.54, 1.807) is 12.1 Å². The fourth-order valence-corrected chi connectivity index (χ4v) is 1.24. The molecule has 0 fully saturated rings. The topological polar surface area (TPSA) is 17.1 Å². The Labute approximate surface area is 83.0 Å². The molecule has 0 amide bonds. The Balaban J connectivity index is 3.05. The van der Waals surface area contributed by atoms with E-state index in [0.29, 0.717) is 5.56 Å². The van der Waals surface area contributed by atoms with E-state index in [0.717, 1.165) is 12.0 Å². The van der Waals surface area contributed by atoms with Crippen LogP contribution in [0.25, 0.3) is 6.08 Å². The van der Waals surface area contributed by atoms with Gasteiger partial charge in [0, 0.05) is 5.56 Å². The lowest BCUT2D eigenvalue weighted by atomic mass is 10.1. The van der Waals surface area contributed by atoms with Gasteiger partial charge in [0.15, 0.2) is 0 Å². The van der Waals surface area contributed by atoms with Crippen molar-refractivity contribution >= 4 is 22.9 Å². The number of carbonyl (C=O) groups excluding carboxylic acids is 1. The normalized spacial score (nSPS) is 10.6. The number of benzene rings is 1. The van der Waals surface area contributed by atoms with Gasteiger partial charge >= 0.3 is 0 Å². The molecule has 0 unspecified atom stereocenters. The fourth-order valence-electron chi connectivity index (χ4n) is 1.07. The lowest BCUT2D eigenvalue weighted by Gasteiger charge is -1.98. The van der Waals surface area contributed by atoms with Gasteiger partial charge in [0.25, 0.3) is 5.24 Å². The first-order valence-electron chi connectivity index (χ1n) is 4.21. The monoisotopic (exact) mass is 194 g/mol. The number of halogens is 1. The van der Waals surface area contributed by atoms with Gasteiger partial charge < -0.3 is 0 Å². The van der Waals surface area contributed by atoms with Crippen LogP contribution in [0.4, 0.5) is 0 Å². The minimum Gasteiger partial charge on any atom is -0.276 e. The number of carbonyl (C=O) groups is 1. The summed E-state index contributed by atoms with van der Waals surface area (Å²) in [4.78, 5) is 11.0. The fraction of sp³-hybridized carbons (Fsp3) is 0.182. The average Bonchev–Trinajstić information content (AvgIpc) is 2.15. The van der Waals surface area contributed by atoms with E-state index in [9.17, 15) is 4.79 Å². The average molecular weight is 195 g/mol. The molecule has 0 aromatic heterocycles. The lowest BCUT2D eigenvalue weighted by molar-refractivity contribution is 0.108. The zero-order chi connectivity index (χ0) is 9.68. The zero-order valence-corrected chi connectivity index (χ0v) is 8.21. The van der Waals surface area contributed by atoms with Crippen molar-refractivity contribution < 1.29 is 4.79 Å². The highest BCUT2D eigenvalue weighted by Crippen LogP contribution is 2.13. The molecule has 0 heterocycles. The summed E-state index contributed by atoms with van der Waals surface area (Å²) < 4.78 is 0. The smallest absolute Gasteiger partial charge is 0.252 e. The second kappa shape index (κ2) is 4.83. The molecule has 0 radical (unpaired) electrons. The van der Waals surface area contributed by atoms with Crippen LogP contribution in [-0.4, -0.2) is 5.24 Å². The minimum absolute atomic E-state index is 0.406. The molecule has 0 bridgehead atoms. The van der Waals surface area contributed by atoms with Crippen LogP contribution in [0.1, 0.15) is 29.3 Å². The Morgan fingerprint density at radius 3 is 2.77 bits per heavy atom. The largest absolute Gasteiger partial charge is 0.276 e. The van der Waals surface area contributed by atoms with Crippen LogP contribution >= 0.6 is 11.6 Å². The molecule has 0 atom stereocenters. The number of rotatable bonds is 3. The third-order valence-electron chi connectivity index (χ3n) is 1.71. The summed E-state index contributed by atoms with van der Waals surface area (Å²) in [7, 11) is 0. The van der Waals surface area contributed by atoms with Crippen molar-refractivity contribution in [3.63, 3.8) is 0 Å². The second-order valence-corrected chi connectivity index (χ2v) is 3.01. The highest BCUT2D eigenvalue weighted by molar-refractivity contribution is 6.68. The van der Waals surface area contributed by atoms with Gasteiger partial charge in [-0.1, -0.05) is 37.3 Å². The van der Waals surface area contributed by atoms with Gasteiger partial charge in [-0.25, -0.2) is 0 Å². The van der Waals surface area contributed by atoms with Crippen LogP contribution in [0.15, 0.2) is 30.3 Å². The molecule has 0 saturated heterocycles. The maximum atomic E-state index is 11.0. The molecule has 1 rings (SSSR count). The second-order valence-electron chi connectivity index (χ2n) is 2.67. The van der Waals surface area contributed by atoms with Crippen LogP contribution in [0, 0.1) is 0 Å². The molecule has 0 spiro atoms. The molecule has 0 aliphatic heterocycles. The van der Waals surface area contributed by atoms with Gasteiger partial charge in [-0.15, -0.1) is 0 Å². The molecular weight excluding hydrogens is 184 g/mol. The molecule has 2 heteroatoms. The van der Waals surface area contributed by atoms with Crippen LogP contribution < -0.4 is 0 Å². The lowest BCUT2D eigenvalue weighted by Crippen LogP contribution is -1.91. The molecule has 1 aromatic carbocycles. The molecular formula is C11H11ClO. The van der Waals surface area contributed by atoms with Crippen LogP contribution in [0.5, 0.6) is 0 Å². The summed E-state index contributed by atoms with van der Waals surface area (Å²) in [5.41, 5.74) is 1.44. The Morgan fingerprint density at radius 2 is 2.15 bits per heavy atom. The van der Waals surface area contributed by atoms with Crippen molar-refractivity contribution in [2.75, 3.05) is 0 Å². The number of allylic oxidation sites excluding steroid dienone is 1. The Bertz CT molecular complexity index is 329. The molecule has 0 aliphatic carbocycles. The zero-order valence-electron chi connectivity index (χ0n) is 7.46. The van der Waals surface area contributed by atoms with Gasteiger partial charge in [0.1, 0.15) is 0 Å². The van der Waals surface area contributed by atoms with Crippen LogP contribution in [-0.2, 0) is 0 Å². The van der Waals surface area contributed by atoms with Crippen molar-refractivity contribution in [1.82, 2.24) is 0 Å². The maximum absolute atomic E-state index is 11.0. The van der Waals surface area contributed by atoms with Gasteiger partial charge in [-0.3, -0.25) is 4.79 Å². The highest BCUT2D eigenvalue weighted by atomic mass is 35.5. The van der Waals surface area contributed by atoms with Crippen molar-refractivity contribution in [1.29, 1.82) is 0 Å². The van der Waals surface area contributed by atoms with Crippen molar-refractivity contribution in [2.24, 2.45) is 0 Å². The third kappa shape index (κ3) is 2.71. The summed E-state index contributed by atoms with van der Waals surface area (Å²) in [5, 5.41) is -0.406. The summed E-state index contributed by atoms with van der Waals surface area (Å²) in [6.45, 7) is 2.04. The predicted octanol–water partition coefficient (Wildman–Crippen LogP) is 3.49. The Morgan fingerprint density at radius 1 is 1.46 bits per heavy atom. The third-order valence-corrected chi connectivity index (χ3v) is 1.91. The first-order chi connectivity index (χ1) is 6.25. The Hall–Kier alpha value is -1.08. The molecule has 0 aliphatic rings. The quantitative estimate of drug-likeness (QED) is 0.674. The number of hydrogen-bond acceptors (Lipinski definition) is 1. The van der Waals surface area contributed by atoms with E-state index >= 15 is 0 Å². The molecule has 1 nitrogen and oxygen atoms in total. The number of hydrogen-bond donors (Lipinski definition) is 0. The van der Waals surface area contributed by atoms with E-state index in [1.807, 2.05) is 31.2 Å². The van der Waals surface area contributed by atoms with Gasteiger partial charge in [0.2, 0.25) is 0 Å². The predicted molar refractivity (Wildman–Crippen MR) is 56.0 cm³/mol. The van der Waals surface area contributed by atoms with Crippen molar-refractivity contribution in [3.05, 3.63) is 41.5 Å². The van der Waals surface area contributed by atoms with Crippen LogP contribution in [0.2, 0.25) is 0 Å². The summed E-state index contributed by atoms with van der Waals surface area (Å²) in [6.07, 6.45) is 4.86. The first kappa shape index (κ1) is 10.0. The van der Waals surface area contributed by atoms with E-state index in [1.165, 1.54) is 0 Å². The summed E-state index contributed by atoms with van der Waals surface area (Å²) in [6, 6.07) is 7.30. The maximum Gasteiger partial charge on any atom is 0.252 e. The molecule has 13 heavy (non-hydrogen) atoms. The van der Waals surface area contributed by atoms with E-state index in [-0.39, 0.29) is 0 Å². The standard InChI is InChI=1S/C11H11ClO/c1-2-3-6-9-7-4-5-8-10(9)11(12)13/h3-8H,2H2,1H3. The van der Waals surface area contributed by atoms with Gasteiger partial charge in [-0.2, -0.15) is 0 Å². The summed E-state index contributed by atoms with van der Waals surface area (Å²) >= 11 is 5.41. The van der Waals surface area contributed by atoms with E-state index in [4.69, 9.17) is 11.6 Å². The summed E-state index contributed by atoms with van der Waals surface area (Å²) in [5.74, 6) is 0. The minimum atomic E-state index is -0.406. The first-order valence-corrected chi connectivity index (χ1v) is 4.59. The Kier molecular flexibility index (Phi) is 3.71. The van der Waals surface area contributed by atoms with Crippen molar-refractivity contribution in [2.45, 2.75) is 13.3 Å². The highest BCUT2D eigenvalue weighted by Gasteiger charge is 2.04. The van der Waals surface area contributed by atoms with Gasteiger partial charge in [-0.05, 0) is 29.7 Å². The molecule has 1 aromatic rings. The SMILES string of the molecule is CCC=Cc1ccccc1C(=O)Cl. The van der Waals surface area contributed by atoms with E-state index in [2.05, 4.69) is 0 Å². The van der Waals surface area contributed by atoms with E-state index < -0.39 is 5.24 Å². The van der Waals surface area contributed by atoms with Gasteiger partial charge in [0.05, 0.1) is 0 Å². The molecule has 68 valence electrons. The molecule has 0 N–H and O–H groups in total.